The summed E-state index contributed by atoms with van der Waals surface area (Å²) in [6, 6.07) is 8.29. The average molecular weight is 507 g/mol. The van der Waals surface area contributed by atoms with Crippen molar-refractivity contribution in [2.24, 2.45) is 12.0 Å². The highest BCUT2D eigenvalue weighted by molar-refractivity contribution is 14.0. The first-order valence-electron chi connectivity index (χ1n) is 10.1. The van der Waals surface area contributed by atoms with Crippen LogP contribution in [0.25, 0.3) is 11.0 Å². The molecule has 1 aliphatic heterocycles. The minimum Gasteiger partial charge on any atom is -0.357 e. The molecule has 29 heavy (non-hydrogen) atoms. The van der Waals surface area contributed by atoms with Gasteiger partial charge in [0, 0.05) is 45.3 Å². The van der Waals surface area contributed by atoms with Crippen LogP contribution >= 0.6 is 24.0 Å². The Morgan fingerprint density at radius 3 is 2.90 bits per heavy atom. The molecule has 0 radical (unpaired) electrons. The molecule has 156 valence electrons. The Morgan fingerprint density at radius 1 is 1.31 bits per heavy atom. The molecule has 1 atom stereocenters. The lowest BCUT2D eigenvalue weighted by Gasteiger charge is -2.21. The topological polar surface area (TPSA) is 63.3 Å². The minimum absolute atomic E-state index is 0. The predicted molar refractivity (Wildman–Crippen MR) is 128 cm³/mol. The number of fused-ring (bicyclic) bond motifs is 1. The number of para-hydroxylation sites is 2. The molecule has 0 spiro atoms. The Labute approximate surface area is 189 Å². The highest BCUT2D eigenvalue weighted by Gasteiger charge is 2.26. The van der Waals surface area contributed by atoms with Crippen molar-refractivity contribution in [3.63, 3.8) is 0 Å². The molecule has 4 rings (SSSR count). The summed E-state index contributed by atoms with van der Waals surface area (Å²) in [6.07, 6.45) is 5.26. The fourth-order valence-corrected chi connectivity index (χ4v) is 4.04. The van der Waals surface area contributed by atoms with E-state index in [-0.39, 0.29) is 24.0 Å². The van der Waals surface area contributed by atoms with Crippen molar-refractivity contribution in [3.05, 3.63) is 48.0 Å². The van der Waals surface area contributed by atoms with Crippen LogP contribution in [0.5, 0.6) is 0 Å². The summed E-state index contributed by atoms with van der Waals surface area (Å²) in [7, 11) is 1.98. The Hall–Kier alpha value is -2.10. The summed E-state index contributed by atoms with van der Waals surface area (Å²) >= 11 is 0. The second-order valence-electron chi connectivity index (χ2n) is 7.41. The van der Waals surface area contributed by atoms with Gasteiger partial charge in [0.15, 0.2) is 5.96 Å². The smallest absolute Gasteiger partial charge is 0.193 e. The maximum atomic E-state index is 4.91. The van der Waals surface area contributed by atoms with Gasteiger partial charge in [-0.1, -0.05) is 12.1 Å². The van der Waals surface area contributed by atoms with Crippen molar-refractivity contribution in [2.45, 2.75) is 32.7 Å². The van der Waals surface area contributed by atoms with Crippen molar-refractivity contribution >= 4 is 41.0 Å². The number of nitrogens with zero attached hydrogens (tertiary/aromatic N) is 6. The largest absolute Gasteiger partial charge is 0.357 e. The molecule has 0 bridgehead atoms. The zero-order valence-electron chi connectivity index (χ0n) is 17.4. The molecule has 1 unspecified atom stereocenters. The van der Waals surface area contributed by atoms with Crippen LogP contribution < -0.4 is 5.32 Å². The molecule has 0 aliphatic carbocycles. The zero-order chi connectivity index (χ0) is 19.5. The third kappa shape index (κ3) is 4.73. The van der Waals surface area contributed by atoms with Gasteiger partial charge in [0.1, 0.15) is 5.82 Å². The maximum Gasteiger partial charge on any atom is 0.193 e. The van der Waals surface area contributed by atoms with Gasteiger partial charge in [0.25, 0.3) is 0 Å². The van der Waals surface area contributed by atoms with Crippen LogP contribution in [-0.2, 0) is 13.6 Å². The van der Waals surface area contributed by atoms with Crippen LogP contribution in [-0.4, -0.2) is 56.4 Å². The summed E-state index contributed by atoms with van der Waals surface area (Å²) < 4.78 is 4.14. The average Bonchev–Trinajstić information content (AvgIpc) is 3.40. The Balaban J connectivity index is 0.00000240. The van der Waals surface area contributed by atoms with Gasteiger partial charge in [-0.2, -0.15) is 5.10 Å². The molecule has 7 nitrogen and oxygen atoms in total. The number of imidazole rings is 1. The van der Waals surface area contributed by atoms with Crippen LogP contribution in [0.1, 0.15) is 30.7 Å². The first-order valence-corrected chi connectivity index (χ1v) is 10.1. The van der Waals surface area contributed by atoms with Crippen molar-refractivity contribution in [2.75, 3.05) is 26.2 Å². The van der Waals surface area contributed by atoms with Gasteiger partial charge in [-0.3, -0.25) is 9.67 Å². The number of aliphatic imine (C=N–C) groups is 1. The lowest BCUT2D eigenvalue weighted by Crippen LogP contribution is -2.40. The fraction of sp³-hybridized carbons (Fsp3) is 0.476. The molecule has 3 aromatic rings. The number of likely N-dealkylation sites (tertiary alicyclic amines) is 1. The van der Waals surface area contributed by atoms with Crippen molar-refractivity contribution in [3.8, 4) is 0 Å². The first-order chi connectivity index (χ1) is 13.7. The molecule has 8 heteroatoms. The molecule has 0 amide bonds. The van der Waals surface area contributed by atoms with Crippen molar-refractivity contribution in [1.82, 2.24) is 29.5 Å². The van der Waals surface area contributed by atoms with E-state index in [0.717, 1.165) is 56.4 Å². The van der Waals surface area contributed by atoms with Gasteiger partial charge >= 0.3 is 0 Å². The molecule has 1 aromatic carbocycles. The SMILES string of the molecule is CCNC(=NCCn1c(C)nc2ccccc21)N1CCC(c2cnn(C)c2)C1.I. The Bertz CT molecular complexity index is 974. The number of hydrogen-bond donors (Lipinski definition) is 1. The van der Waals surface area contributed by atoms with E-state index in [0.29, 0.717) is 5.92 Å². The van der Waals surface area contributed by atoms with E-state index in [1.54, 1.807) is 0 Å². The van der Waals surface area contributed by atoms with Gasteiger partial charge in [0.2, 0.25) is 0 Å². The standard InChI is InChI=1S/C21H29N7.HI/c1-4-22-21(27-11-9-17(15-27)18-13-24-26(3)14-18)23-10-12-28-16(2)25-19-7-5-6-8-20(19)28;/h5-8,13-14,17H,4,9-12,15H2,1-3H3,(H,22,23);1H. The molecule has 3 heterocycles. The van der Waals surface area contributed by atoms with E-state index < -0.39 is 0 Å². The van der Waals surface area contributed by atoms with E-state index in [1.807, 2.05) is 24.0 Å². The molecule has 1 saturated heterocycles. The number of hydrogen-bond acceptors (Lipinski definition) is 3. The summed E-state index contributed by atoms with van der Waals surface area (Å²) in [5.41, 5.74) is 3.55. The lowest BCUT2D eigenvalue weighted by molar-refractivity contribution is 0.485. The van der Waals surface area contributed by atoms with Crippen LogP contribution in [0.2, 0.25) is 0 Å². The number of benzene rings is 1. The van der Waals surface area contributed by atoms with Crippen LogP contribution in [0.3, 0.4) is 0 Å². The van der Waals surface area contributed by atoms with Crippen LogP contribution in [0.4, 0.5) is 0 Å². The molecule has 1 aliphatic rings. The highest BCUT2D eigenvalue weighted by atomic mass is 127. The van der Waals surface area contributed by atoms with Gasteiger partial charge < -0.3 is 14.8 Å². The lowest BCUT2D eigenvalue weighted by atomic mass is 10.0. The Morgan fingerprint density at radius 2 is 2.14 bits per heavy atom. The molecule has 1 N–H and O–H groups in total. The number of guanidine groups is 1. The quantitative estimate of drug-likeness (QED) is 0.328. The first kappa shape index (κ1) is 21.6. The molecule has 0 saturated carbocycles. The van der Waals surface area contributed by atoms with Gasteiger partial charge in [0.05, 0.1) is 23.8 Å². The van der Waals surface area contributed by atoms with Gasteiger partial charge in [-0.05, 0) is 38.0 Å². The Kier molecular flexibility index (Phi) is 7.15. The third-order valence-corrected chi connectivity index (χ3v) is 5.45. The van der Waals surface area contributed by atoms with E-state index in [4.69, 9.17) is 4.99 Å². The van der Waals surface area contributed by atoms with Gasteiger partial charge in [-0.25, -0.2) is 4.98 Å². The minimum atomic E-state index is 0. The molecular weight excluding hydrogens is 477 g/mol. The molecule has 1 fully saturated rings. The number of aromatic nitrogens is 4. The molecular formula is C21H30IN7. The normalized spacial score (nSPS) is 17.0. The van der Waals surface area contributed by atoms with Crippen molar-refractivity contribution < 1.29 is 0 Å². The second kappa shape index (κ2) is 9.60. The number of rotatable bonds is 5. The zero-order valence-corrected chi connectivity index (χ0v) is 19.7. The fourth-order valence-electron chi connectivity index (χ4n) is 4.04. The summed E-state index contributed by atoms with van der Waals surface area (Å²) in [6.45, 7) is 8.65. The van der Waals surface area contributed by atoms with E-state index in [1.165, 1.54) is 11.1 Å². The van der Waals surface area contributed by atoms with Crippen molar-refractivity contribution in [1.29, 1.82) is 0 Å². The predicted octanol–water partition coefficient (Wildman–Crippen LogP) is 3.15. The maximum absolute atomic E-state index is 4.91. The third-order valence-electron chi connectivity index (χ3n) is 5.45. The van der Waals surface area contributed by atoms with E-state index >= 15 is 0 Å². The number of halogens is 1. The van der Waals surface area contributed by atoms with E-state index in [9.17, 15) is 0 Å². The van der Waals surface area contributed by atoms with E-state index in [2.05, 4.69) is 63.1 Å². The van der Waals surface area contributed by atoms with Crippen LogP contribution in [0, 0.1) is 6.92 Å². The number of aryl methyl sites for hydroxylation is 2. The monoisotopic (exact) mass is 507 g/mol. The summed E-state index contributed by atoms with van der Waals surface area (Å²) in [5, 5.41) is 7.79. The van der Waals surface area contributed by atoms with Gasteiger partial charge in [-0.15, -0.1) is 24.0 Å². The summed E-state index contributed by atoms with van der Waals surface area (Å²) in [5.74, 6) is 2.58. The highest BCUT2D eigenvalue weighted by Crippen LogP contribution is 2.26. The molecule has 2 aromatic heterocycles. The summed E-state index contributed by atoms with van der Waals surface area (Å²) in [4.78, 5) is 11.9. The number of nitrogens with one attached hydrogen (secondary N) is 1. The van der Waals surface area contributed by atoms with Crippen LogP contribution in [0.15, 0.2) is 41.7 Å². The second-order valence-corrected chi connectivity index (χ2v) is 7.41.